The Morgan fingerprint density at radius 2 is 2.12 bits per heavy atom. The van der Waals surface area contributed by atoms with E-state index in [1.54, 1.807) is 12.3 Å². The molecule has 4 heteroatoms. The molecule has 0 aliphatic heterocycles. The number of rotatable bonds is 3. The Labute approximate surface area is 99.5 Å². The number of nitrogen functional groups attached to an aromatic ring is 1. The smallest absolute Gasteiger partial charge is 0.125 e. The highest BCUT2D eigenvalue weighted by molar-refractivity contribution is 5.65. The quantitative estimate of drug-likeness (QED) is 0.798. The van der Waals surface area contributed by atoms with Crippen LogP contribution in [0.25, 0.3) is 0 Å². The lowest BCUT2D eigenvalue weighted by molar-refractivity contribution is 0.628. The molecule has 0 radical (unpaired) electrons. The van der Waals surface area contributed by atoms with Gasteiger partial charge in [0.15, 0.2) is 0 Å². The third-order valence-electron chi connectivity index (χ3n) is 2.47. The number of aryl methyl sites for hydroxylation is 1. The molecular formula is C13H14FN3. The van der Waals surface area contributed by atoms with Gasteiger partial charge in [-0.05, 0) is 36.8 Å². The molecule has 0 fully saturated rings. The molecule has 0 bridgehead atoms. The van der Waals surface area contributed by atoms with E-state index in [2.05, 4.69) is 10.3 Å². The molecule has 1 aromatic heterocycles. The monoisotopic (exact) mass is 231 g/mol. The highest BCUT2D eigenvalue weighted by atomic mass is 19.1. The molecule has 2 aromatic rings. The summed E-state index contributed by atoms with van der Waals surface area (Å²) in [5.41, 5.74) is 8.87. The Hall–Kier alpha value is -2.10. The van der Waals surface area contributed by atoms with Crippen molar-refractivity contribution in [1.29, 1.82) is 0 Å². The minimum atomic E-state index is -0.302. The van der Waals surface area contributed by atoms with Crippen molar-refractivity contribution in [2.75, 3.05) is 11.1 Å². The number of nitrogens with two attached hydrogens (primary N) is 1. The number of nitrogens with zero attached hydrogens (tertiary/aromatic N) is 1. The maximum absolute atomic E-state index is 13.0. The van der Waals surface area contributed by atoms with Crippen LogP contribution < -0.4 is 11.1 Å². The Morgan fingerprint density at radius 1 is 1.29 bits per heavy atom. The second kappa shape index (κ2) is 4.82. The highest BCUT2D eigenvalue weighted by Crippen LogP contribution is 2.19. The van der Waals surface area contributed by atoms with E-state index in [4.69, 9.17) is 5.73 Å². The maximum atomic E-state index is 13.0. The highest BCUT2D eigenvalue weighted by Gasteiger charge is 2.01. The number of halogens is 1. The molecule has 1 heterocycles. The summed E-state index contributed by atoms with van der Waals surface area (Å²) >= 11 is 0. The van der Waals surface area contributed by atoms with Gasteiger partial charge in [0.1, 0.15) is 5.82 Å². The van der Waals surface area contributed by atoms with Crippen molar-refractivity contribution in [3.05, 3.63) is 53.6 Å². The zero-order chi connectivity index (χ0) is 12.3. The first-order chi connectivity index (χ1) is 8.15. The summed E-state index contributed by atoms with van der Waals surface area (Å²) in [6, 6.07) is 8.19. The van der Waals surface area contributed by atoms with Crippen LogP contribution in [-0.2, 0) is 6.54 Å². The van der Waals surface area contributed by atoms with Gasteiger partial charge >= 0.3 is 0 Å². The van der Waals surface area contributed by atoms with E-state index < -0.39 is 0 Å². The van der Waals surface area contributed by atoms with Crippen LogP contribution in [0.3, 0.4) is 0 Å². The van der Waals surface area contributed by atoms with E-state index in [9.17, 15) is 4.39 Å². The van der Waals surface area contributed by atoms with Gasteiger partial charge in [-0.25, -0.2) is 4.39 Å². The lowest BCUT2D eigenvalue weighted by atomic mass is 10.2. The minimum absolute atomic E-state index is 0.302. The molecular weight excluding hydrogens is 217 g/mol. The topological polar surface area (TPSA) is 50.9 Å². The van der Waals surface area contributed by atoms with Crippen molar-refractivity contribution in [2.45, 2.75) is 13.5 Å². The largest absolute Gasteiger partial charge is 0.397 e. The number of aromatic nitrogens is 1. The lowest BCUT2D eigenvalue weighted by Crippen LogP contribution is -2.03. The average molecular weight is 231 g/mol. The summed E-state index contributed by atoms with van der Waals surface area (Å²) in [4.78, 5) is 4.19. The lowest BCUT2D eigenvalue weighted by Gasteiger charge is -2.09. The van der Waals surface area contributed by atoms with Crippen molar-refractivity contribution in [3.63, 3.8) is 0 Å². The molecule has 0 amide bonds. The molecule has 1 aromatic carbocycles. The summed E-state index contributed by atoms with van der Waals surface area (Å²) in [7, 11) is 0. The van der Waals surface area contributed by atoms with Gasteiger partial charge in [0.05, 0.1) is 11.4 Å². The van der Waals surface area contributed by atoms with Crippen LogP contribution >= 0.6 is 0 Å². The number of hydrogen-bond acceptors (Lipinski definition) is 3. The second-order valence-corrected chi connectivity index (χ2v) is 3.89. The van der Waals surface area contributed by atoms with E-state index in [0.717, 1.165) is 11.3 Å². The van der Waals surface area contributed by atoms with Gasteiger partial charge in [-0.2, -0.15) is 0 Å². The fourth-order valence-electron chi connectivity index (χ4n) is 1.48. The van der Waals surface area contributed by atoms with Crippen molar-refractivity contribution >= 4 is 11.4 Å². The fourth-order valence-corrected chi connectivity index (χ4v) is 1.48. The molecule has 0 aliphatic rings. The Kier molecular flexibility index (Phi) is 3.23. The van der Waals surface area contributed by atoms with Gasteiger partial charge in [-0.3, -0.25) is 4.98 Å². The van der Waals surface area contributed by atoms with E-state index in [1.165, 1.54) is 12.1 Å². The Morgan fingerprint density at radius 3 is 2.82 bits per heavy atom. The van der Waals surface area contributed by atoms with Crippen molar-refractivity contribution < 1.29 is 4.39 Å². The van der Waals surface area contributed by atoms with Crippen LogP contribution in [0.1, 0.15) is 11.3 Å². The standard InChI is InChI=1S/C13H14FN3/c1-9-2-3-10(7-16-9)8-17-13-6-11(14)4-5-12(13)15/h2-7,17H,8,15H2,1H3. The number of benzene rings is 1. The third kappa shape index (κ3) is 2.93. The van der Waals surface area contributed by atoms with Crippen molar-refractivity contribution in [1.82, 2.24) is 4.98 Å². The van der Waals surface area contributed by atoms with Gasteiger partial charge in [-0.15, -0.1) is 0 Å². The van der Waals surface area contributed by atoms with Gasteiger partial charge in [0, 0.05) is 18.4 Å². The van der Waals surface area contributed by atoms with Gasteiger partial charge < -0.3 is 11.1 Å². The maximum Gasteiger partial charge on any atom is 0.125 e. The summed E-state index contributed by atoms with van der Waals surface area (Å²) < 4.78 is 13.0. The zero-order valence-electron chi connectivity index (χ0n) is 9.57. The molecule has 3 N–H and O–H groups in total. The summed E-state index contributed by atoms with van der Waals surface area (Å²) in [6.45, 7) is 2.50. The molecule has 0 spiro atoms. The average Bonchev–Trinajstić information content (AvgIpc) is 2.32. The number of pyridine rings is 1. The molecule has 17 heavy (non-hydrogen) atoms. The first kappa shape index (κ1) is 11.4. The van der Waals surface area contributed by atoms with E-state index in [1.807, 2.05) is 19.1 Å². The summed E-state index contributed by atoms with van der Waals surface area (Å²) in [5, 5.41) is 3.08. The molecule has 88 valence electrons. The van der Waals surface area contributed by atoms with Crippen LogP contribution in [0.5, 0.6) is 0 Å². The molecule has 0 unspecified atom stereocenters. The molecule has 0 aliphatic carbocycles. The van der Waals surface area contributed by atoms with Crippen LogP contribution in [0.15, 0.2) is 36.5 Å². The van der Waals surface area contributed by atoms with E-state index in [-0.39, 0.29) is 5.82 Å². The first-order valence-electron chi connectivity index (χ1n) is 5.35. The van der Waals surface area contributed by atoms with Crippen LogP contribution in [0.2, 0.25) is 0 Å². The van der Waals surface area contributed by atoms with Crippen LogP contribution in [-0.4, -0.2) is 4.98 Å². The normalized spacial score (nSPS) is 10.2. The second-order valence-electron chi connectivity index (χ2n) is 3.89. The fraction of sp³-hybridized carbons (Fsp3) is 0.154. The Bertz CT molecular complexity index is 509. The Balaban J connectivity index is 2.07. The third-order valence-corrected chi connectivity index (χ3v) is 2.47. The number of anilines is 2. The van der Waals surface area contributed by atoms with Gasteiger partial charge in [0.25, 0.3) is 0 Å². The predicted molar refractivity (Wildman–Crippen MR) is 67.1 cm³/mol. The number of hydrogen-bond donors (Lipinski definition) is 2. The van der Waals surface area contributed by atoms with Gasteiger partial charge in [0.2, 0.25) is 0 Å². The summed E-state index contributed by atoms with van der Waals surface area (Å²) in [5.74, 6) is -0.302. The first-order valence-corrected chi connectivity index (χ1v) is 5.35. The van der Waals surface area contributed by atoms with Crippen molar-refractivity contribution in [2.24, 2.45) is 0 Å². The van der Waals surface area contributed by atoms with Crippen LogP contribution in [0, 0.1) is 12.7 Å². The minimum Gasteiger partial charge on any atom is -0.397 e. The van der Waals surface area contributed by atoms with Crippen LogP contribution in [0.4, 0.5) is 15.8 Å². The molecule has 3 nitrogen and oxygen atoms in total. The predicted octanol–water partition coefficient (Wildman–Crippen LogP) is 2.72. The summed E-state index contributed by atoms with van der Waals surface area (Å²) in [6.07, 6.45) is 1.79. The zero-order valence-corrected chi connectivity index (χ0v) is 9.57. The molecule has 2 rings (SSSR count). The molecule has 0 saturated carbocycles. The van der Waals surface area contributed by atoms with E-state index >= 15 is 0 Å². The van der Waals surface area contributed by atoms with Gasteiger partial charge in [-0.1, -0.05) is 6.07 Å². The van der Waals surface area contributed by atoms with Crippen molar-refractivity contribution in [3.8, 4) is 0 Å². The van der Waals surface area contributed by atoms with E-state index in [0.29, 0.717) is 17.9 Å². The molecule has 0 saturated heterocycles. The number of nitrogens with one attached hydrogen (secondary N) is 1. The molecule has 0 atom stereocenters. The SMILES string of the molecule is Cc1ccc(CNc2cc(F)ccc2N)cn1.